The maximum Gasteiger partial charge on any atom is 0.408 e. The highest BCUT2D eigenvalue weighted by Crippen LogP contribution is 2.14. The first-order valence-corrected chi connectivity index (χ1v) is 31.8. The summed E-state index contributed by atoms with van der Waals surface area (Å²) in [6.45, 7) is -3.38. The van der Waals surface area contributed by atoms with Crippen LogP contribution in [0.2, 0.25) is 0 Å². The second-order valence-corrected chi connectivity index (χ2v) is 23.2. The average molecular weight is 1410 g/mol. The van der Waals surface area contributed by atoms with E-state index >= 15 is 0 Å². The number of rotatable bonds is 32. The number of guanidine groups is 2. The van der Waals surface area contributed by atoms with E-state index in [0.29, 0.717) is 11.1 Å². The number of nitrogens with two attached hydrogens (primary N) is 4. The summed E-state index contributed by atoms with van der Waals surface area (Å²) in [6, 6.07) is 2.18. The van der Waals surface area contributed by atoms with Crippen LogP contribution in [0.3, 0.4) is 0 Å². The van der Waals surface area contributed by atoms with Gasteiger partial charge in [-0.3, -0.25) is 86.8 Å². The van der Waals surface area contributed by atoms with Gasteiger partial charge in [0.2, 0.25) is 70.9 Å². The number of hydrogen-bond acceptors (Lipinski definition) is 18. The summed E-state index contributed by atoms with van der Waals surface area (Å²) in [5.41, 5.74) is 22.8. The van der Waals surface area contributed by atoms with Gasteiger partial charge in [-0.1, -0.05) is 60.7 Å². The molecular weight excluding hydrogens is 1320 g/mol. The van der Waals surface area contributed by atoms with Gasteiger partial charge >= 0.3 is 24.0 Å². The van der Waals surface area contributed by atoms with E-state index in [9.17, 15) is 97.1 Å². The molecule has 39 heteroatoms. The summed E-state index contributed by atoms with van der Waals surface area (Å²) in [6.07, 6.45) is -5.71. The number of amides is 13. The van der Waals surface area contributed by atoms with E-state index in [-0.39, 0.29) is 120 Å². The van der Waals surface area contributed by atoms with Gasteiger partial charge in [0.1, 0.15) is 60.9 Å². The van der Waals surface area contributed by atoms with E-state index in [1.165, 1.54) is 0 Å². The molecule has 2 aromatic rings. The van der Waals surface area contributed by atoms with Crippen molar-refractivity contribution in [2.75, 3.05) is 45.8 Å². The molecule has 0 aliphatic carbocycles. The zero-order chi connectivity index (χ0) is 73.8. The molecule has 2 aliphatic rings. The fourth-order valence-electron chi connectivity index (χ4n) is 10.2. The Labute approximate surface area is 572 Å². The SMILES string of the molecule is NC(N)=NCCC[C@@H]1NC(=O)[C@H](CCCCNC(=O)C[C@@H](C(=O)NCCCC[C@@H]2NC(=O)[C@@H](Cc3ccccc3)NC(=O)[C@H](CC(=O)O)NC(=O)CNC(=O)[C@H](CCCN=C(N)N)NC2=O)N(CC(=O)O)C(=O)O)NC(=O)[C@@H](Cc2ccccc2)NC(=O)[C@H](CC(=O)O)NC(=O)CNC1=O. The van der Waals surface area contributed by atoms with Gasteiger partial charge in [0.25, 0.3) is 0 Å². The number of hydrogen-bond donors (Lipinski definition) is 20. The molecule has 0 spiro atoms. The van der Waals surface area contributed by atoms with Crippen molar-refractivity contribution < 1.29 is 97.1 Å². The van der Waals surface area contributed by atoms with Crippen molar-refractivity contribution in [2.45, 2.75) is 151 Å². The Morgan fingerprint density at radius 2 is 0.790 bits per heavy atom. The van der Waals surface area contributed by atoms with Crippen LogP contribution in [0.15, 0.2) is 70.6 Å². The Bertz CT molecular complexity index is 3300. The van der Waals surface area contributed by atoms with Crippen molar-refractivity contribution >= 4 is 107 Å². The van der Waals surface area contributed by atoms with E-state index in [0.717, 1.165) is 0 Å². The number of nitrogens with zero attached hydrogens (tertiary/aromatic N) is 3. The third-order valence-electron chi connectivity index (χ3n) is 15.2. The van der Waals surface area contributed by atoms with Crippen LogP contribution in [0.25, 0.3) is 0 Å². The van der Waals surface area contributed by atoms with Crippen LogP contribution in [0.4, 0.5) is 4.79 Å². The van der Waals surface area contributed by atoms with Crippen LogP contribution in [0.1, 0.15) is 94.6 Å². The predicted octanol–water partition coefficient (Wildman–Crippen LogP) is -6.94. The van der Waals surface area contributed by atoms with Gasteiger partial charge < -0.3 is 107 Å². The zero-order valence-corrected chi connectivity index (χ0v) is 54.5. The van der Waals surface area contributed by atoms with E-state index in [2.05, 4.69) is 73.8 Å². The average Bonchev–Trinajstić information content (AvgIpc) is 1.18. The molecule has 0 saturated carbocycles. The van der Waals surface area contributed by atoms with Crippen molar-refractivity contribution in [1.82, 2.24) is 68.7 Å². The maximum absolute atomic E-state index is 14.3. The molecule has 13 amide bonds. The lowest BCUT2D eigenvalue weighted by molar-refractivity contribution is -0.141. The van der Waals surface area contributed by atoms with Crippen molar-refractivity contribution in [3.63, 3.8) is 0 Å². The normalized spacial score (nSPS) is 20.8. The molecule has 24 N–H and O–H groups in total. The lowest BCUT2D eigenvalue weighted by Gasteiger charge is -2.27. The topological polar surface area (TPSA) is 630 Å². The molecule has 0 radical (unpaired) electrons. The van der Waals surface area contributed by atoms with Gasteiger partial charge in [0.15, 0.2) is 11.9 Å². The minimum Gasteiger partial charge on any atom is -0.481 e. The summed E-state index contributed by atoms with van der Waals surface area (Å²) in [5.74, 6) is -17.1. The first kappa shape index (κ1) is 80.7. The smallest absolute Gasteiger partial charge is 0.408 e. The van der Waals surface area contributed by atoms with E-state index in [4.69, 9.17) is 22.9 Å². The summed E-state index contributed by atoms with van der Waals surface area (Å²) in [7, 11) is 0. The summed E-state index contributed by atoms with van der Waals surface area (Å²) in [5, 5.41) is 68.4. The fraction of sp³-hybridized carbons (Fsp3) is 0.508. The monoisotopic (exact) mass is 1410 g/mol. The molecule has 0 bridgehead atoms. The molecule has 9 atom stereocenters. The minimum atomic E-state index is -1.98. The number of carbonyl (C=O) groups excluding carboxylic acids is 12. The van der Waals surface area contributed by atoms with Crippen molar-refractivity contribution in [3.8, 4) is 0 Å². The number of carbonyl (C=O) groups is 16. The molecular formula is C61H87N19O20. The highest BCUT2D eigenvalue weighted by atomic mass is 16.4. The summed E-state index contributed by atoms with van der Waals surface area (Å²) >= 11 is 0. The number of aliphatic imine (C=N–C) groups is 2. The van der Waals surface area contributed by atoms with Gasteiger partial charge in [-0.25, -0.2) is 4.79 Å². The molecule has 4 rings (SSSR count). The molecule has 546 valence electrons. The minimum absolute atomic E-state index is 0.00105. The number of carboxylic acids is 3. The number of carboxylic acid groups (broad SMARTS) is 4. The Hall–Kier alpha value is -11.7. The zero-order valence-electron chi connectivity index (χ0n) is 54.5. The molecule has 0 aromatic heterocycles. The van der Waals surface area contributed by atoms with Crippen LogP contribution in [-0.2, 0) is 84.8 Å². The van der Waals surface area contributed by atoms with E-state index < -0.39 is 188 Å². The largest absolute Gasteiger partial charge is 0.481 e. The van der Waals surface area contributed by atoms with Crippen LogP contribution in [0.5, 0.6) is 0 Å². The standard InChI is InChI=1S/C61H87N19O20/c62-59(63)68-23-11-19-35-50(90)70-30-45(82)72-41(27-47(84)85)56(96)78-39(25-33-13-3-1-4-14-33)54(94)76-37(52(92)74-35)17-7-9-21-66-44(81)29-43(80(61(99)100)32-49(88)89)58(98)67-22-10-8-18-38-53(93)75-36(20-12-24-69-60(64)65)51(91)71-31-46(83)73-42(28-48(86)87)57(97)79-40(55(95)77-38)26-34-15-5-2-6-16-34/h1-6,13-16,35-43H,7-12,17-32H2,(H,66,81)(H,67,98)(H,70,90)(H,71,91)(H,72,82)(H,73,83)(H,74,92)(H,75,93)(H,76,94)(H,77,95)(H,78,96)(H,79,97)(H,84,85)(H,86,87)(H,88,89)(H,99,100)(H4,62,63,68)(H4,64,65,69)/t35-,36-,37-,38-,39+,40+,41-,42-,43-/m0/s1. The van der Waals surface area contributed by atoms with Crippen molar-refractivity contribution in [2.24, 2.45) is 32.9 Å². The van der Waals surface area contributed by atoms with Gasteiger partial charge in [0, 0.05) is 39.0 Å². The molecule has 39 nitrogen and oxygen atoms in total. The van der Waals surface area contributed by atoms with E-state index in [1.54, 1.807) is 60.7 Å². The number of unbranched alkanes of at least 4 members (excludes halogenated alkanes) is 2. The van der Waals surface area contributed by atoms with Crippen LogP contribution >= 0.6 is 0 Å². The first-order chi connectivity index (χ1) is 47.5. The second-order valence-electron chi connectivity index (χ2n) is 23.2. The molecule has 2 saturated heterocycles. The van der Waals surface area contributed by atoms with Crippen LogP contribution in [-0.4, -0.2) is 232 Å². The van der Waals surface area contributed by atoms with Gasteiger partial charge in [-0.2, -0.15) is 0 Å². The Morgan fingerprint density at radius 3 is 1.16 bits per heavy atom. The quantitative estimate of drug-likeness (QED) is 0.0184. The number of benzene rings is 2. The first-order valence-electron chi connectivity index (χ1n) is 31.8. The van der Waals surface area contributed by atoms with Crippen molar-refractivity contribution in [1.29, 1.82) is 0 Å². The molecule has 2 fully saturated rings. The summed E-state index contributed by atoms with van der Waals surface area (Å²) in [4.78, 5) is 221. The maximum atomic E-state index is 14.3. The van der Waals surface area contributed by atoms with Gasteiger partial charge in [-0.05, 0) is 75.3 Å². The van der Waals surface area contributed by atoms with Gasteiger partial charge in [0.05, 0.1) is 32.4 Å². The predicted molar refractivity (Wildman–Crippen MR) is 351 cm³/mol. The Balaban J connectivity index is 1.54. The number of nitrogens with one attached hydrogen (secondary N) is 12. The molecule has 2 aromatic carbocycles. The molecule has 2 aliphatic heterocycles. The number of aliphatic carboxylic acids is 3. The molecule has 2 heterocycles. The van der Waals surface area contributed by atoms with Crippen LogP contribution < -0.4 is 86.7 Å². The Morgan fingerprint density at radius 1 is 0.440 bits per heavy atom. The summed E-state index contributed by atoms with van der Waals surface area (Å²) < 4.78 is 0. The van der Waals surface area contributed by atoms with E-state index in [1.807, 2.05) is 0 Å². The van der Waals surface area contributed by atoms with Crippen LogP contribution in [0, 0.1) is 0 Å². The molecule has 100 heavy (non-hydrogen) atoms. The lowest BCUT2D eigenvalue weighted by Crippen LogP contribution is -2.58. The Kier molecular flexibility index (Phi) is 34.0. The fourth-order valence-corrected chi connectivity index (χ4v) is 10.2. The highest BCUT2D eigenvalue weighted by molar-refractivity contribution is 6.00. The van der Waals surface area contributed by atoms with Gasteiger partial charge in [-0.15, -0.1) is 0 Å². The third-order valence-corrected chi connectivity index (χ3v) is 15.2. The lowest BCUT2D eigenvalue weighted by atomic mass is 10.0. The third kappa shape index (κ3) is 30.2. The molecule has 0 unspecified atom stereocenters. The highest BCUT2D eigenvalue weighted by Gasteiger charge is 2.37. The van der Waals surface area contributed by atoms with Crippen molar-refractivity contribution in [3.05, 3.63) is 71.8 Å². The second kappa shape index (κ2) is 42.1.